The molecule has 0 aromatic heterocycles. The summed E-state index contributed by atoms with van der Waals surface area (Å²) < 4.78 is 6.04. The molecule has 1 N–H and O–H groups in total. The predicted octanol–water partition coefficient (Wildman–Crippen LogP) is 5.99. The number of nitrogens with one attached hydrogen (secondary N) is 1. The largest absolute Gasteiger partial charge is 0.492 e. The summed E-state index contributed by atoms with van der Waals surface area (Å²) >= 11 is 6.18. The molecule has 0 unspecified atom stereocenters. The fourth-order valence-electron chi connectivity index (χ4n) is 4.24. The number of piperazine rings is 1. The summed E-state index contributed by atoms with van der Waals surface area (Å²) in [4.78, 5) is 2.44. The van der Waals surface area contributed by atoms with Gasteiger partial charge in [0.2, 0.25) is 0 Å². The van der Waals surface area contributed by atoms with Gasteiger partial charge in [0.1, 0.15) is 12.4 Å². The number of rotatable bonds is 8. The first-order valence-electron chi connectivity index (χ1n) is 11.5. The summed E-state index contributed by atoms with van der Waals surface area (Å²) in [5.74, 6) is 0.914. The number of ether oxygens (including phenoxy) is 1. The first-order valence-corrected chi connectivity index (χ1v) is 11.8. The van der Waals surface area contributed by atoms with Crippen molar-refractivity contribution in [3.63, 3.8) is 0 Å². The number of nitrogens with zero attached hydrogens (tertiary/aromatic N) is 1. The molecule has 1 aliphatic heterocycles. The van der Waals surface area contributed by atoms with Crippen LogP contribution in [0.1, 0.15) is 30.0 Å². The van der Waals surface area contributed by atoms with E-state index in [-0.39, 0.29) is 0 Å². The minimum absolute atomic E-state index is 0.712. The van der Waals surface area contributed by atoms with Gasteiger partial charge in [0.15, 0.2) is 0 Å². The van der Waals surface area contributed by atoms with Crippen molar-refractivity contribution in [3.05, 3.63) is 101 Å². The van der Waals surface area contributed by atoms with Crippen molar-refractivity contribution < 1.29 is 4.74 Å². The second-order valence-corrected chi connectivity index (χ2v) is 8.48. The third-order valence-electron chi connectivity index (χ3n) is 5.94. The van der Waals surface area contributed by atoms with Crippen LogP contribution in [0.25, 0.3) is 11.1 Å². The number of allylic oxidation sites excluding steroid dienone is 1. The van der Waals surface area contributed by atoms with Crippen molar-refractivity contribution in [1.29, 1.82) is 0 Å². The van der Waals surface area contributed by atoms with Gasteiger partial charge in [-0.25, -0.2) is 0 Å². The molecule has 3 nitrogen and oxygen atoms in total. The second-order valence-electron chi connectivity index (χ2n) is 8.04. The van der Waals surface area contributed by atoms with E-state index in [0.717, 1.165) is 49.9 Å². The number of hydrogen-bond donors (Lipinski definition) is 1. The third-order valence-corrected chi connectivity index (χ3v) is 6.19. The Bertz CT molecular complexity index is 1010. The lowest BCUT2D eigenvalue weighted by atomic mass is 9.88. The molecule has 0 aliphatic carbocycles. The van der Waals surface area contributed by atoms with E-state index in [1.807, 2.05) is 12.1 Å². The molecule has 1 aliphatic rings. The Labute approximate surface area is 196 Å². The van der Waals surface area contributed by atoms with E-state index in [1.54, 1.807) is 0 Å². The Morgan fingerprint density at radius 1 is 0.844 bits per heavy atom. The van der Waals surface area contributed by atoms with Crippen LogP contribution in [0.3, 0.4) is 0 Å². The van der Waals surface area contributed by atoms with E-state index < -0.39 is 0 Å². The van der Waals surface area contributed by atoms with Crippen molar-refractivity contribution in [2.24, 2.45) is 0 Å². The quantitative estimate of drug-likeness (QED) is 0.430. The lowest BCUT2D eigenvalue weighted by Gasteiger charge is -2.26. The van der Waals surface area contributed by atoms with E-state index in [9.17, 15) is 0 Å². The van der Waals surface area contributed by atoms with Crippen molar-refractivity contribution in [2.45, 2.75) is 13.3 Å². The van der Waals surface area contributed by atoms with Gasteiger partial charge >= 0.3 is 0 Å². The van der Waals surface area contributed by atoms with Crippen LogP contribution >= 0.6 is 11.6 Å². The van der Waals surface area contributed by atoms with E-state index >= 15 is 0 Å². The Balaban J connectivity index is 1.58. The van der Waals surface area contributed by atoms with Gasteiger partial charge in [-0.2, -0.15) is 0 Å². The molecule has 1 saturated heterocycles. The molecule has 0 saturated carbocycles. The van der Waals surface area contributed by atoms with Gasteiger partial charge in [0.05, 0.1) is 0 Å². The van der Waals surface area contributed by atoms with Gasteiger partial charge in [-0.1, -0.05) is 73.1 Å². The molecule has 4 rings (SSSR count). The minimum atomic E-state index is 0.712. The zero-order valence-corrected chi connectivity index (χ0v) is 19.4. The molecule has 0 radical (unpaired) electrons. The summed E-state index contributed by atoms with van der Waals surface area (Å²) in [6, 6.07) is 27.3. The number of hydrogen-bond acceptors (Lipinski definition) is 3. The zero-order chi connectivity index (χ0) is 22.2. The highest BCUT2D eigenvalue weighted by atomic mass is 35.5. The highest BCUT2D eigenvalue weighted by Crippen LogP contribution is 2.35. The summed E-state index contributed by atoms with van der Waals surface area (Å²) in [5, 5.41) is 4.14. The first kappa shape index (κ1) is 22.6. The molecular weight excluding hydrogens is 416 g/mol. The fourth-order valence-corrected chi connectivity index (χ4v) is 4.37. The number of halogens is 1. The van der Waals surface area contributed by atoms with Gasteiger partial charge in [0, 0.05) is 37.7 Å². The van der Waals surface area contributed by atoms with Gasteiger partial charge in [-0.15, -0.1) is 0 Å². The summed E-state index contributed by atoms with van der Waals surface area (Å²) in [6.07, 6.45) is 0.935. The lowest BCUT2D eigenvalue weighted by Crippen LogP contribution is -2.44. The monoisotopic (exact) mass is 446 g/mol. The van der Waals surface area contributed by atoms with Crippen LogP contribution in [-0.2, 0) is 0 Å². The highest BCUT2D eigenvalue weighted by molar-refractivity contribution is 6.30. The van der Waals surface area contributed by atoms with Gasteiger partial charge in [0.25, 0.3) is 0 Å². The maximum atomic E-state index is 6.18. The third kappa shape index (κ3) is 5.80. The summed E-state index contributed by atoms with van der Waals surface area (Å²) in [6.45, 7) is 8.21. The smallest absolute Gasteiger partial charge is 0.119 e. The molecule has 166 valence electrons. The maximum absolute atomic E-state index is 6.18. The molecule has 0 atom stereocenters. The SMILES string of the molecule is CC/C(=C(/c1ccc(Cl)cc1)c1ccc(OCCN2CCNCC2)cc1)c1ccccc1. The lowest BCUT2D eigenvalue weighted by molar-refractivity contribution is 0.191. The van der Waals surface area contributed by atoms with Crippen molar-refractivity contribution in [1.82, 2.24) is 10.2 Å². The molecule has 3 aromatic rings. The van der Waals surface area contributed by atoms with E-state index in [0.29, 0.717) is 6.61 Å². The Kier molecular flexibility index (Phi) is 8.00. The Hall–Kier alpha value is -2.59. The van der Waals surface area contributed by atoms with Crippen LogP contribution in [0.4, 0.5) is 0 Å². The maximum Gasteiger partial charge on any atom is 0.119 e. The van der Waals surface area contributed by atoms with Gasteiger partial charge < -0.3 is 10.1 Å². The van der Waals surface area contributed by atoms with Gasteiger partial charge in [-0.05, 0) is 58.5 Å². The topological polar surface area (TPSA) is 24.5 Å². The average molecular weight is 447 g/mol. The standard InChI is InChI=1S/C28H31ClN2O/c1-2-27(22-6-4-3-5-7-22)28(23-8-12-25(29)13-9-23)24-10-14-26(15-11-24)32-21-20-31-18-16-30-17-19-31/h3-15,30H,2,16-21H2,1H3/b28-27+. The average Bonchev–Trinajstić information content (AvgIpc) is 2.85. The van der Waals surface area contributed by atoms with Crippen molar-refractivity contribution in [2.75, 3.05) is 39.3 Å². The van der Waals surface area contributed by atoms with Crippen LogP contribution < -0.4 is 10.1 Å². The van der Waals surface area contributed by atoms with Crippen LogP contribution in [0, 0.1) is 0 Å². The number of benzene rings is 3. The van der Waals surface area contributed by atoms with Gasteiger partial charge in [-0.3, -0.25) is 4.90 Å². The molecule has 0 spiro atoms. The van der Waals surface area contributed by atoms with E-state index in [4.69, 9.17) is 16.3 Å². The van der Waals surface area contributed by atoms with Crippen LogP contribution in [0.15, 0.2) is 78.9 Å². The van der Waals surface area contributed by atoms with Crippen molar-refractivity contribution >= 4 is 22.7 Å². The van der Waals surface area contributed by atoms with E-state index in [2.05, 4.69) is 83.9 Å². The predicted molar refractivity (Wildman–Crippen MR) is 135 cm³/mol. The van der Waals surface area contributed by atoms with Crippen molar-refractivity contribution in [3.8, 4) is 5.75 Å². The minimum Gasteiger partial charge on any atom is -0.492 e. The summed E-state index contributed by atoms with van der Waals surface area (Å²) in [7, 11) is 0. The van der Waals surface area contributed by atoms with Crippen LogP contribution in [-0.4, -0.2) is 44.2 Å². The Morgan fingerprint density at radius 2 is 1.47 bits per heavy atom. The van der Waals surface area contributed by atoms with E-state index in [1.165, 1.54) is 27.8 Å². The van der Waals surface area contributed by atoms with Crippen LogP contribution in [0.5, 0.6) is 5.75 Å². The molecule has 4 heteroatoms. The summed E-state index contributed by atoms with van der Waals surface area (Å²) in [5.41, 5.74) is 6.16. The molecule has 0 amide bonds. The molecular formula is C28H31ClN2O. The highest BCUT2D eigenvalue weighted by Gasteiger charge is 2.14. The molecule has 32 heavy (non-hydrogen) atoms. The molecule has 1 heterocycles. The first-order chi connectivity index (χ1) is 15.7. The molecule has 3 aromatic carbocycles. The second kappa shape index (κ2) is 11.3. The Morgan fingerprint density at radius 3 is 2.09 bits per heavy atom. The zero-order valence-electron chi connectivity index (χ0n) is 18.7. The molecule has 1 fully saturated rings. The van der Waals surface area contributed by atoms with Crippen LogP contribution in [0.2, 0.25) is 5.02 Å². The normalized spacial score (nSPS) is 15.3. The fraction of sp³-hybridized carbons (Fsp3) is 0.286. The molecule has 0 bridgehead atoms.